The van der Waals surface area contributed by atoms with Crippen molar-refractivity contribution in [2.45, 2.75) is 84.5 Å². The SMILES string of the molecule is CCOC(=O)CC1[C@@H]2[C@@H](NC(=O)C(C)C)c3cc(OCCCO)ccc3N2C(=O)[C@H](C(C)C)N1C(=O)CCc1ccccc1. The number of aliphatic hydroxyl groups is 1. The Balaban J connectivity index is 1.82. The van der Waals surface area contributed by atoms with Gasteiger partial charge in [-0.2, -0.15) is 0 Å². The van der Waals surface area contributed by atoms with Gasteiger partial charge in [0.15, 0.2) is 0 Å². The highest BCUT2D eigenvalue weighted by molar-refractivity contribution is 6.04. The van der Waals surface area contributed by atoms with Gasteiger partial charge in [0.25, 0.3) is 0 Å². The summed E-state index contributed by atoms with van der Waals surface area (Å²) in [5.41, 5.74) is 2.28. The summed E-state index contributed by atoms with van der Waals surface area (Å²) in [6, 6.07) is 12.0. The predicted octanol–water partition coefficient (Wildman–Crippen LogP) is 3.80. The largest absolute Gasteiger partial charge is 0.493 e. The molecule has 44 heavy (non-hydrogen) atoms. The molecule has 1 unspecified atom stereocenters. The van der Waals surface area contributed by atoms with Crippen molar-refractivity contribution in [1.82, 2.24) is 10.2 Å². The summed E-state index contributed by atoms with van der Waals surface area (Å²) in [6.45, 7) is 9.56. The number of amides is 3. The molecule has 2 aliphatic heterocycles. The van der Waals surface area contributed by atoms with Gasteiger partial charge < -0.3 is 29.7 Å². The molecule has 10 heteroatoms. The van der Waals surface area contributed by atoms with Gasteiger partial charge in [-0.05, 0) is 43.0 Å². The van der Waals surface area contributed by atoms with Crippen molar-refractivity contribution in [3.8, 4) is 5.75 Å². The Morgan fingerprint density at radius 1 is 1.05 bits per heavy atom. The molecule has 2 aliphatic rings. The number of nitrogens with zero attached hydrogens (tertiary/aromatic N) is 2. The van der Waals surface area contributed by atoms with Crippen LogP contribution >= 0.6 is 0 Å². The lowest BCUT2D eigenvalue weighted by atomic mass is 9.86. The minimum atomic E-state index is -0.818. The standard InChI is InChI=1S/C34H45N3O7/c1-6-43-29(40)20-27-32-30(35-33(41)22(4)5)25-19-24(44-18-10-17-38)14-15-26(25)37(32)34(42)31(21(2)3)36(27)28(39)16-13-23-11-8-7-9-12-23/h7-9,11-12,14-15,19,21-22,27,30-32,38H,6,10,13,16-18,20H2,1-5H3,(H,35,41)/t27?,30-,31-,32+/m0/s1. The summed E-state index contributed by atoms with van der Waals surface area (Å²) < 4.78 is 11.2. The normalized spacial score (nSPS) is 20.9. The number of anilines is 1. The Morgan fingerprint density at radius 3 is 2.41 bits per heavy atom. The average molecular weight is 608 g/mol. The van der Waals surface area contributed by atoms with E-state index in [4.69, 9.17) is 9.47 Å². The van der Waals surface area contributed by atoms with Crippen molar-refractivity contribution in [2.75, 3.05) is 24.7 Å². The molecule has 0 radical (unpaired) electrons. The maximum absolute atomic E-state index is 14.5. The number of nitrogens with one attached hydrogen (secondary N) is 1. The van der Waals surface area contributed by atoms with Gasteiger partial charge in [-0.3, -0.25) is 19.2 Å². The lowest BCUT2D eigenvalue weighted by Gasteiger charge is -2.51. The van der Waals surface area contributed by atoms with E-state index in [0.717, 1.165) is 5.56 Å². The third-order valence-electron chi connectivity index (χ3n) is 8.24. The van der Waals surface area contributed by atoms with Gasteiger partial charge in [0.1, 0.15) is 11.8 Å². The number of carbonyl (C=O) groups is 4. The summed E-state index contributed by atoms with van der Waals surface area (Å²) in [7, 11) is 0. The Labute approximate surface area is 259 Å². The minimum absolute atomic E-state index is 0.0113. The fourth-order valence-electron chi connectivity index (χ4n) is 6.20. The number of benzene rings is 2. The summed E-state index contributed by atoms with van der Waals surface area (Å²) in [5.74, 6) is -1.24. The Morgan fingerprint density at radius 2 is 1.77 bits per heavy atom. The Bertz CT molecular complexity index is 1330. The highest BCUT2D eigenvalue weighted by atomic mass is 16.5. The molecule has 2 aromatic carbocycles. The molecule has 0 spiro atoms. The molecule has 4 rings (SSSR count). The van der Waals surface area contributed by atoms with Crippen LogP contribution in [-0.2, 0) is 30.3 Å². The van der Waals surface area contributed by atoms with E-state index in [1.54, 1.807) is 48.8 Å². The van der Waals surface area contributed by atoms with Crippen LogP contribution in [0, 0.1) is 11.8 Å². The first kappa shape index (κ1) is 33.0. The van der Waals surface area contributed by atoms with Gasteiger partial charge >= 0.3 is 5.97 Å². The minimum Gasteiger partial charge on any atom is -0.493 e. The van der Waals surface area contributed by atoms with E-state index in [0.29, 0.717) is 36.4 Å². The molecule has 2 aromatic rings. The van der Waals surface area contributed by atoms with Crippen molar-refractivity contribution in [3.05, 3.63) is 59.7 Å². The molecular weight excluding hydrogens is 562 g/mol. The quantitative estimate of drug-likeness (QED) is 0.262. The molecule has 2 heterocycles. The zero-order valence-electron chi connectivity index (χ0n) is 26.3. The third-order valence-corrected chi connectivity index (χ3v) is 8.24. The van der Waals surface area contributed by atoms with Crippen LogP contribution in [0.1, 0.15) is 71.0 Å². The number of ether oxygens (including phenoxy) is 2. The monoisotopic (exact) mass is 607 g/mol. The van der Waals surface area contributed by atoms with Gasteiger partial charge in [-0.1, -0.05) is 58.0 Å². The van der Waals surface area contributed by atoms with E-state index < -0.39 is 30.1 Å². The molecule has 0 bridgehead atoms. The lowest BCUT2D eigenvalue weighted by molar-refractivity contribution is -0.154. The molecule has 1 fully saturated rings. The number of piperazine rings is 1. The lowest BCUT2D eigenvalue weighted by Crippen LogP contribution is -2.70. The molecule has 0 saturated carbocycles. The molecule has 4 atom stereocenters. The van der Waals surface area contributed by atoms with E-state index in [1.807, 2.05) is 44.2 Å². The van der Waals surface area contributed by atoms with Crippen LogP contribution in [0.15, 0.2) is 48.5 Å². The van der Waals surface area contributed by atoms with Crippen LogP contribution in [0.4, 0.5) is 5.69 Å². The van der Waals surface area contributed by atoms with Crippen LogP contribution < -0.4 is 15.0 Å². The molecule has 10 nitrogen and oxygen atoms in total. The number of carbonyl (C=O) groups excluding carboxylic acids is 4. The highest BCUT2D eigenvalue weighted by Crippen LogP contribution is 2.48. The second kappa shape index (κ2) is 14.7. The van der Waals surface area contributed by atoms with Crippen molar-refractivity contribution in [1.29, 1.82) is 0 Å². The van der Waals surface area contributed by atoms with E-state index in [2.05, 4.69) is 5.32 Å². The van der Waals surface area contributed by atoms with Gasteiger partial charge in [0, 0.05) is 36.6 Å². The summed E-state index contributed by atoms with van der Waals surface area (Å²) >= 11 is 0. The fourth-order valence-corrected chi connectivity index (χ4v) is 6.20. The number of rotatable bonds is 13. The number of aliphatic hydroxyl groups excluding tert-OH is 1. The van der Waals surface area contributed by atoms with Crippen molar-refractivity contribution in [2.24, 2.45) is 11.8 Å². The maximum atomic E-state index is 14.5. The number of hydrogen-bond donors (Lipinski definition) is 2. The number of fused-ring (bicyclic) bond motifs is 3. The maximum Gasteiger partial charge on any atom is 0.307 e. The van der Waals surface area contributed by atoms with Gasteiger partial charge in [-0.25, -0.2) is 0 Å². The van der Waals surface area contributed by atoms with Crippen LogP contribution in [0.5, 0.6) is 5.75 Å². The molecule has 1 saturated heterocycles. The van der Waals surface area contributed by atoms with E-state index in [9.17, 15) is 24.3 Å². The van der Waals surface area contributed by atoms with Crippen molar-refractivity contribution in [3.63, 3.8) is 0 Å². The van der Waals surface area contributed by atoms with Gasteiger partial charge in [0.05, 0.1) is 37.8 Å². The van der Waals surface area contributed by atoms with Crippen LogP contribution in [0.25, 0.3) is 0 Å². The van der Waals surface area contributed by atoms with E-state index in [-0.39, 0.29) is 55.6 Å². The molecular formula is C34H45N3O7. The zero-order valence-corrected chi connectivity index (χ0v) is 26.3. The second-order valence-corrected chi connectivity index (χ2v) is 12.0. The zero-order chi connectivity index (χ0) is 32.0. The number of aryl methyl sites for hydroxylation is 1. The van der Waals surface area contributed by atoms with Gasteiger partial charge in [-0.15, -0.1) is 0 Å². The highest BCUT2D eigenvalue weighted by Gasteiger charge is 2.57. The fraction of sp³-hybridized carbons (Fsp3) is 0.529. The predicted molar refractivity (Wildman–Crippen MR) is 166 cm³/mol. The topological polar surface area (TPSA) is 125 Å². The first-order valence-corrected chi connectivity index (χ1v) is 15.6. The molecule has 238 valence electrons. The summed E-state index contributed by atoms with van der Waals surface area (Å²) in [4.78, 5) is 58.2. The Hall–Kier alpha value is -3.92. The number of esters is 1. The van der Waals surface area contributed by atoms with Gasteiger partial charge in [0.2, 0.25) is 17.7 Å². The van der Waals surface area contributed by atoms with Crippen LogP contribution in [0.2, 0.25) is 0 Å². The smallest absolute Gasteiger partial charge is 0.307 e. The summed E-state index contributed by atoms with van der Waals surface area (Å²) in [5, 5.41) is 12.3. The first-order chi connectivity index (χ1) is 21.1. The average Bonchev–Trinajstić information content (AvgIpc) is 3.31. The second-order valence-electron chi connectivity index (χ2n) is 12.0. The molecule has 0 aliphatic carbocycles. The van der Waals surface area contributed by atoms with Crippen LogP contribution in [0.3, 0.4) is 0 Å². The molecule has 2 N–H and O–H groups in total. The third kappa shape index (κ3) is 7.07. The number of hydrogen-bond acceptors (Lipinski definition) is 7. The Kier molecular flexibility index (Phi) is 11.0. The van der Waals surface area contributed by atoms with Crippen molar-refractivity contribution < 1.29 is 33.8 Å². The molecule has 3 amide bonds. The van der Waals surface area contributed by atoms with E-state index in [1.165, 1.54) is 0 Å². The van der Waals surface area contributed by atoms with Crippen molar-refractivity contribution >= 4 is 29.4 Å². The van der Waals surface area contributed by atoms with Crippen LogP contribution in [-0.4, -0.2) is 71.6 Å². The summed E-state index contributed by atoms with van der Waals surface area (Å²) in [6.07, 6.45) is 0.962. The molecule has 0 aromatic heterocycles. The first-order valence-electron chi connectivity index (χ1n) is 15.6. The van der Waals surface area contributed by atoms with E-state index >= 15 is 0 Å².